The van der Waals surface area contributed by atoms with Crippen molar-refractivity contribution in [1.82, 2.24) is 0 Å². The Morgan fingerprint density at radius 1 is 1.42 bits per heavy atom. The van der Waals surface area contributed by atoms with Crippen molar-refractivity contribution < 1.29 is 8.42 Å². The van der Waals surface area contributed by atoms with Crippen LogP contribution in [0.2, 0.25) is 0 Å². The van der Waals surface area contributed by atoms with Crippen molar-refractivity contribution in [3.8, 4) is 0 Å². The van der Waals surface area contributed by atoms with Gasteiger partial charge in [0, 0.05) is 4.91 Å². The summed E-state index contributed by atoms with van der Waals surface area (Å²) >= 11 is 1.71. The standard InChI is InChI=1S/C4H4S.C3H7NO2S/c1-2-4-5-3-1;1-3(2)7(4,5)6/h1-4H;1H2,2H3,(H2,4,5,6). The van der Waals surface area contributed by atoms with E-state index in [9.17, 15) is 8.42 Å². The lowest BCUT2D eigenvalue weighted by Crippen LogP contribution is -2.11. The quantitative estimate of drug-likeness (QED) is 0.756. The van der Waals surface area contributed by atoms with Crippen LogP contribution in [0, 0.1) is 0 Å². The van der Waals surface area contributed by atoms with Gasteiger partial charge in [-0.25, -0.2) is 13.6 Å². The molecule has 0 bridgehead atoms. The predicted octanol–water partition coefficient (Wildman–Crippen LogP) is 1.56. The molecule has 68 valence electrons. The fourth-order valence-electron chi connectivity index (χ4n) is 0.227. The molecule has 1 aromatic rings. The molecule has 1 rings (SSSR count). The van der Waals surface area contributed by atoms with Crippen molar-refractivity contribution in [2.24, 2.45) is 5.14 Å². The lowest BCUT2D eigenvalue weighted by atomic mass is 10.7. The van der Waals surface area contributed by atoms with E-state index in [1.807, 2.05) is 22.9 Å². The van der Waals surface area contributed by atoms with Crippen molar-refractivity contribution in [2.75, 3.05) is 0 Å². The second kappa shape index (κ2) is 5.08. The molecular formula is C7H11NO2S2. The summed E-state index contributed by atoms with van der Waals surface area (Å²) in [6.07, 6.45) is 0. The Labute approximate surface area is 76.6 Å². The Balaban J connectivity index is 0.000000211. The summed E-state index contributed by atoms with van der Waals surface area (Å²) in [5.74, 6) is 0. The molecule has 0 unspecified atom stereocenters. The third-order valence-corrected chi connectivity index (χ3v) is 2.51. The smallest absolute Gasteiger partial charge is 0.225 e. The van der Waals surface area contributed by atoms with Gasteiger partial charge in [-0.15, -0.1) is 0 Å². The fourth-order valence-corrected chi connectivity index (χ4v) is 0.680. The van der Waals surface area contributed by atoms with E-state index in [0.29, 0.717) is 0 Å². The van der Waals surface area contributed by atoms with Crippen LogP contribution in [0.5, 0.6) is 0 Å². The lowest BCUT2D eigenvalue weighted by molar-refractivity contribution is 0.604. The number of primary sulfonamides is 1. The van der Waals surface area contributed by atoms with Gasteiger partial charge in [-0.2, -0.15) is 11.3 Å². The summed E-state index contributed by atoms with van der Waals surface area (Å²) in [6, 6.07) is 4.04. The van der Waals surface area contributed by atoms with Gasteiger partial charge in [-0.3, -0.25) is 0 Å². The number of nitrogens with two attached hydrogens (primary N) is 1. The van der Waals surface area contributed by atoms with E-state index >= 15 is 0 Å². The highest BCUT2D eigenvalue weighted by atomic mass is 32.2. The number of hydrogen-bond acceptors (Lipinski definition) is 3. The second-order valence-corrected chi connectivity index (χ2v) is 4.64. The minimum absolute atomic E-state index is 0.00694. The van der Waals surface area contributed by atoms with Gasteiger partial charge in [0.05, 0.1) is 0 Å². The van der Waals surface area contributed by atoms with Crippen LogP contribution in [0.1, 0.15) is 6.92 Å². The van der Waals surface area contributed by atoms with Gasteiger partial charge in [0.25, 0.3) is 0 Å². The summed E-state index contributed by atoms with van der Waals surface area (Å²) < 4.78 is 20.0. The molecule has 0 atom stereocenters. The van der Waals surface area contributed by atoms with Gasteiger partial charge >= 0.3 is 0 Å². The van der Waals surface area contributed by atoms with Gasteiger partial charge in [0.2, 0.25) is 10.0 Å². The van der Waals surface area contributed by atoms with Gasteiger partial charge < -0.3 is 0 Å². The van der Waals surface area contributed by atoms with Crippen LogP contribution in [0.25, 0.3) is 0 Å². The van der Waals surface area contributed by atoms with Crippen LogP contribution in [0.3, 0.4) is 0 Å². The SMILES string of the molecule is C=C(C)S(N)(=O)=O.c1ccsc1. The predicted molar refractivity (Wildman–Crippen MR) is 52.2 cm³/mol. The zero-order valence-corrected chi connectivity index (χ0v) is 8.36. The van der Waals surface area contributed by atoms with Crippen molar-refractivity contribution in [1.29, 1.82) is 0 Å². The van der Waals surface area contributed by atoms with Crippen LogP contribution in [-0.2, 0) is 10.0 Å². The fraction of sp³-hybridized carbons (Fsp3) is 0.143. The van der Waals surface area contributed by atoms with Gasteiger partial charge in [-0.05, 0) is 17.7 Å². The summed E-state index contributed by atoms with van der Waals surface area (Å²) in [5.41, 5.74) is 0. The van der Waals surface area contributed by atoms with E-state index < -0.39 is 10.0 Å². The van der Waals surface area contributed by atoms with Crippen molar-refractivity contribution in [2.45, 2.75) is 6.92 Å². The zero-order valence-electron chi connectivity index (χ0n) is 6.73. The maximum atomic E-state index is 10.0. The molecule has 0 amide bonds. The monoisotopic (exact) mass is 205 g/mol. The summed E-state index contributed by atoms with van der Waals surface area (Å²) in [5, 5.41) is 8.63. The van der Waals surface area contributed by atoms with Crippen molar-refractivity contribution in [3.63, 3.8) is 0 Å². The van der Waals surface area contributed by atoms with E-state index in [4.69, 9.17) is 0 Å². The molecule has 0 fully saturated rings. The molecule has 0 saturated carbocycles. The largest absolute Gasteiger partial charge is 0.233 e. The van der Waals surface area contributed by atoms with Crippen LogP contribution in [0.4, 0.5) is 0 Å². The summed E-state index contributed by atoms with van der Waals surface area (Å²) in [6.45, 7) is 4.46. The highest BCUT2D eigenvalue weighted by Crippen LogP contribution is 1.91. The van der Waals surface area contributed by atoms with Crippen LogP contribution < -0.4 is 5.14 Å². The average molecular weight is 205 g/mol. The highest BCUT2D eigenvalue weighted by Gasteiger charge is 1.98. The molecule has 0 aliphatic heterocycles. The normalized spacial score (nSPS) is 9.83. The minimum Gasteiger partial charge on any atom is -0.225 e. The molecule has 0 aromatic carbocycles. The highest BCUT2D eigenvalue weighted by molar-refractivity contribution is 7.93. The molecular weight excluding hydrogens is 194 g/mol. The second-order valence-electron chi connectivity index (χ2n) is 2.04. The van der Waals surface area contributed by atoms with Crippen LogP contribution in [-0.4, -0.2) is 8.42 Å². The van der Waals surface area contributed by atoms with Gasteiger partial charge in [-0.1, -0.05) is 18.7 Å². The van der Waals surface area contributed by atoms with E-state index in [1.54, 1.807) is 11.3 Å². The first-order valence-electron chi connectivity index (χ1n) is 3.10. The molecule has 5 heteroatoms. The molecule has 0 aliphatic rings. The number of rotatable bonds is 1. The maximum absolute atomic E-state index is 10.0. The van der Waals surface area contributed by atoms with Crippen molar-refractivity contribution >= 4 is 21.4 Å². The molecule has 2 N–H and O–H groups in total. The van der Waals surface area contributed by atoms with E-state index in [0.717, 1.165) is 0 Å². The molecule has 12 heavy (non-hydrogen) atoms. The van der Waals surface area contributed by atoms with E-state index in [-0.39, 0.29) is 4.91 Å². The third-order valence-electron chi connectivity index (χ3n) is 0.911. The summed E-state index contributed by atoms with van der Waals surface area (Å²) in [7, 11) is -3.44. The van der Waals surface area contributed by atoms with Gasteiger partial charge in [0.15, 0.2) is 0 Å². The number of allylic oxidation sites excluding steroid dienone is 1. The molecule has 0 saturated heterocycles. The molecule has 0 aliphatic carbocycles. The molecule has 0 radical (unpaired) electrons. The first-order chi connectivity index (χ1) is 5.44. The van der Waals surface area contributed by atoms with Gasteiger partial charge in [0.1, 0.15) is 0 Å². The first kappa shape index (κ1) is 11.4. The Kier molecular flexibility index (Phi) is 4.80. The zero-order chi connectivity index (χ0) is 9.61. The summed E-state index contributed by atoms with van der Waals surface area (Å²) in [4.78, 5) is -0.00694. The van der Waals surface area contributed by atoms with E-state index in [1.165, 1.54) is 6.92 Å². The van der Waals surface area contributed by atoms with Crippen molar-refractivity contribution in [3.05, 3.63) is 34.4 Å². The Morgan fingerprint density at radius 2 is 1.75 bits per heavy atom. The number of hydrogen-bond donors (Lipinski definition) is 1. The minimum atomic E-state index is -3.44. The Hall–Kier alpha value is -0.650. The first-order valence-corrected chi connectivity index (χ1v) is 5.59. The lowest BCUT2D eigenvalue weighted by Gasteiger charge is -1.88. The number of thiophene rings is 1. The Bertz CT molecular complexity index is 296. The average Bonchev–Trinajstić information content (AvgIpc) is 2.39. The molecule has 1 heterocycles. The van der Waals surface area contributed by atoms with Crippen LogP contribution >= 0.6 is 11.3 Å². The Morgan fingerprint density at radius 3 is 1.83 bits per heavy atom. The molecule has 0 spiro atoms. The topological polar surface area (TPSA) is 60.2 Å². The third kappa shape index (κ3) is 6.09. The molecule has 3 nitrogen and oxygen atoms in total. The molecule has 1 aromatic heterocycles. The van der Waals surface area contributed by atoms with E-state index in [2.05, 4.69) is 11.7 Å². The van der Waals surface area contributed by atoms with Crippen LogP contribution in [0.15, 0.2) is 34.4 Å². The maximum Gasteiger partial charge on any atom is 0.233 e. The number of sulfonamides is 1.